The van der Waals surface area contributed by atoms with E-state index in [-0.39, 0.29) is 53.8 Å². The Balaban J connectivity index is 1.49. The molecule has 1 aliphatic carbocycles. The number of carbonyl (C=O) groups is 2. The number of rotatable bonds is 8. The van der Waals surface area contributed by atoms with Crippen LogP contribution in [0.4, 0.5) is 4.39 Å². The Bertz CT molecular complexity index is 1190. The molecule has 2 amide bonds. The molecule has 0 bridgehead atoms. The van der Waals surface area contributed by atoms with Crippen molar-refractivity contribution in [2.24, 2.45) is 5.73 Å². The molecule has 0 spiro atoms. The van der Waals surface area contributed by atoms with Crippen molar-refractivity contribution in [2.75, 3.05) is 6.54 Å². The Morgan fingerprint density at radius 3 is 2.71 bits per heavy atom. The van der Waals surface area contributed by atoms with Gasteiger partial charge in [-0.2, -0.15) is 5.10 Å². The van der Waals surface area contributed by atoms with Crippen LogP contribution in [0, 0.1) is 5.82 Å². The number of hydrogen-bond acceptors (Lipinski definition) is 5. The van der Waals surface area contributed by atoms with E-state index in [1.54, 1.807) is 35.2 Å². The van der Waals surface area contributed by atoms with Gasteiger partial charge in [0.2, 0.25) is 11.8 Å². The third kappa shape index (κ3) is 5.22. The molecule has 1 fully saturated rings. The number of nitrogens with two attached hydrogens (primary N) is 1. The highest BCUT2D eigenvalue weighted by Crippen LogP contribution is 2.25. The molecule has 1 atom stereocenters. The molecular formula is C24H27ClFN5O3. The van der Waals surface area contributed by atoms with Crippen molar-refractivity contribution in [3.05, 3.63) is 64.6 Å². The summed E-state index contributed by atoms with van der Waals surface area (Å²) in [4.78, 5) is 27.6. The Morgan fingerprint density at radius 2 is 1.97 bits per heavy atom. The van der Waals surface area contributed by atoms with Gasteiger partial charge in [-0.25, -0.2) is 4.39 Å². The summed E-state index contributed by atoms with van der Waals surface area (Å²) >= 11 is 5.81. The molecule has 1 aliphatic rings. The number of para-hydroxylation sites is 1. The van der Waals surface area contributed by atoms with Crippen molar-refractivity contribution in [1.29, 1.82) is 0 Å². The number of fused-ring (bicyclic) bond motifs is 1. The van der Waals surface area contributed by atoms with Crippen molar-refractivity contribution in [2.45, 2.75) is 51.0 Å². The fourth-order valence-corrected chi connectivity index (χ4v) is 4.63. The first-order valence-corrected chi connectivity index (χ1v) is 11.6. The molecule has 180 valence electrons. The van der Waals surface area contributed by atoms with Crippen molar-refractivity contribution < 1.29 is 19.1 Å². The van der Waals surface area contributed by atoms with Gasteiger partial charge in [-0.05, 0) is 25.0 Å². The van der Waals surface area contributed by atoms with Crippen LogP contribution in [0.5, 0.6) is 0 Å². The quantitative estimate of drug-likeness (QED) is 0.423. The standard InChI is InChI=1S/C24H27ClFN5O3/c25-18-10-5-6-15(22(18)26)12-28-20(32)13-30(16-7-1-2-8-16)21(33)14-31-19-11-4-3-9-17(19)23(29-31)24(27)34/h3-6,9-11,16,24,34H,1-2,7-8,12-14,27H2,(H,28,32). The zero-order valence-corrected chi connectivity index (χ0v) is 19.3. The molecule has 8 nitrogen and oxygen atoms in total. The normalized spacial score (nSPS) is 14.9. The van der Waals surface area contributed by atoms with Gasteiger partial charge in [0, 0.05) is 23.5 Å². The van der Waals surface area contributed by atoms with E-state index >= 15 is 0 Å². The summed E-state index contributed by atoms with van der Waals surface area (Å²) in [5.41, 5.74) is 6.88. The van der Waals surface area contributed by atoms with Gasteiger partial charge in [-0.3, -0.25) is 14.3 Å². The van der Waals surface area contributed by atoms with E-state index in [9.17, 15) is 19.1 Å². The molecular weight excluding hydrogens is 461 g/mol. The van der Waals surface area contributed by atoms with Crippen molar-refractivity contribution in [3.63, 3.8) is 0 Å². The SMILES string of the molecule is NC(O)c1nn(CC(=O)N(CC(=O)NCc2cccc(Cl)c2F)C2CCCC2)c2ccccc12. The highest BCUT2D eigenvalue weighted by atomic mass is 35.5. The number of aliphatic hydroxyl groups is 1. The maximum absolute atomic E-state index is 14.1. The predicted octanol–water partition coefficient (Wildman–Crippen LogP) is 2.87. The lowest BCUT2D eigenvalue weighted by Gasteiger charge is -2.28. The lowest BCUT2D eigenvalue weighted by Crippen LogP contribution is -2.46. The van der Waals surface area contributed by atoms with Gasteiger partial charge in [-0.1, -0.05) is 54.8 Å². The minimum atomic E-state index is -1.27. The van der Waals surface area contributed by atoms with Crippen LogP contribution in [-0.4, -0.2) is 44.2 Å². The van der Waals surface area contributed by atoms with Crippen LogP contribution < -0.4 is 11.1 Å². The number of amides is 2. The Hall–Kier alpha value is -3.01. The van der Waals surface area contributed by atoms with Crippen LogP contribution in [0.15, 0.2) is 42.5 Å². The first-order chi connectivity index (χ1) is 16.3. The fraction of sp³-hybridized carbons (Fsp3) is 0.375. The first-order valence-electron chi connectivity index (χ1n) is 11.2. The van der Waals surface area contributed by atoms with Crippen LogP contribution in [-0.2, 0) is 22.7 Å². The number of nitrogens with one attached hydrogen (secondary N) is 1. The van der Waals surface area contributed by atoms with E-state index in [2.05, 4.69) is 10.4 Å². The summed E-state index contributed by atoms with van der Waals surface area (Å²) in [7, 11) is 0. The molecule has 0 aliphatic heterocycles. The van der Waals surface area contributed by atoms with E-state index in [4.69, 9.17) is 17.3 Å². The van der Waals surface area contributed by atoms with Gasteiger partial charge in [-0.15, -0.1) is 0 Å². The minimum Gasteiger partial charge on any atom is -0.373 e. The fourth-order valence-electron chi connectivity index (χ4n) is 4.44. The second-order valence-corrected chi connectivity index (χ2v) is 8.86. The highest BCUT2D eigenvalue weighted by Gasteiger charge is 2.29. The van der Waals surface area contributed by atoms with Crippen LogP contribution in [0.25, 0.3) is 10.9 Å². The second kappa shape index (κ2) is 10.5. The summed E-state index contributed by atoms with van der Waals surface area (Å²) in [5.74, 6) is -1.22. The minimum absolute atomic E-state index is 0.0112. The summed E-state index contributed by atoms with van der Waals surface area (Å²) in [6.45, 7) is -0.267. The van der Waals surface area contributed by atoms with Gasteiger partial charge < -0.3 is 21.1 Å². The molecule has 10 heteroatoms. The molecule has 2 aromatic carbocycles. The lowest BCUT2D eigenvalue weighted by molar-refractivity contribution is -0.139. The van der Waals surface area contributed by atoms with Crippen LogP contribution in [0.2, 0.25) is 5.02 Å². The Kier molecular flexibility index (Phi) is 7.45. The van der Waals surface area contributed by atoms with Crippen molar-refractivity contribution in [3.8, 4) is 0 Å². The Morgan fingerprint density at radius 1 is 1.24 bits per heavy atom. The van der Waals surface area contributed by atoms with E-state index in [1.807, 2.05) is 6.07 Å². The van der Waals surface area contributed by atoms with Crippen LogP contribution in [0.1, 0.15) is 43.2 Å². The number of halogens is 2. The summed E-state index contributed by atoms with van der Waals surface area (Å²) in [6.07, 6.45) is 2.32. The number of aliphatic hydroxyl groups excluding tert-OH is 1. The van der Waals surface area contributed by atoms with E-state index in [1.165, 1.54) is 10.7 Å². The molecule has 3 aromatic rings. The van der Waals surface area contributed by atoms with Crippen molar-refractivity contribution in [1.82, 2.24) is 20.0 Å². The third-order valence-corrected chi connectivity index (χ3v) is 6.45. The number of carbonyl (C=O) groups excluding carboxylic acids is 2. The molecule has 1 aromatic heterocycles. The Labute approximate surface area is 201 Å². The number of aromatic nitrogens is 2. The molecule has 34 heavy (non-hydrogen) atoms. The van der Waals surface area contributed by atoms with E-state index in [0.717, 1.165) is 25.7 Å². The zero-order chi connectivity index (χ0) is 24.2. The van der Waals surface area contributed by atoms with Crippen LogP contribution >= 0.6 is 11.6 Å². The average Bonchev–Trinajstić information content (AvgIpc) is 3.47. The van der Waals surface area contributed by atoms with Gasteiger partial charge in [0.05, 0.1) is 17.1 Å². The third-order valence-electron chi connectivity index (χ3n) is 6.16. The van der Waals surface area contributed by atoms with Gasteiger partial charge in [0.15, 0.2) is 0 Å². The first kappa shape index (κ1) is 24.1. The highest BCUT2D eigenvalue weighted by molar-refractivity contribution is 6.30. The molecule has 0 radical (unpaired) electrons. The number of hydrogen-bond donors (Lipinski definition) is 3. The van der Waals surface area contributed by atoms with Gasteiger partial charge in [0.1, 0.15) is 24.3 Å². The van der Waals surface area contributed by atoms with Crippen molar-refractivity contribution >= 4 is 34.3 Å². The van der Waals surface area contributed by atoms with Crippen LogP contribution in [0.3, 0.4) is 0 Å². The molecule has 1 heterocycles. The molecule has 0 saturated heterocycles. The molecule has 4 N–H and O–H groups in total. The number of benzene rings is 2. The van der Waals surface area contributed by atoms with E-state index in [0.29, 0.717) is 10.9 Å². The van der Waals surface area contributed by atoms with Gasteiger partial charge >= 0.3 is 0 Å². The maximum Gasteiger partial charge on any atom is 0.245 e. The van der Waals surface area contributed by atoms with E-state index < -0.39 is 12.0 Å². The molecule has 4 rings (SSSR count). The lowest BCUT2D eigenvalue weighted by atomic mass is 10.2. The topological polar surface area (TPSA) is 113 Å². The largest absolute Gasteiger partial charge is 0.373 e. The molecule has 1 saturated carbocycles. The summed E-state index contributed by atoms with van der Waals surface area (Å²) < 4.78 is 15.6. The smallest absolute Gasteiger partial charge is 0.245 e. The predicted molar refractivity (Wildman–Crippen MR) is 126 cm³/mol. The monoisotopic (exact) mass is 487 g/mol. The second-order valence-electron chi connectivity index (χ2n) is 8.45. The summed E-state index contributed by atoms with van der Waals surface area (Å²) in [6, 6.07) is 11.8. The molecule has 1 unspecified atom stereocenters. The number of nitrogens with zero attached hydrogens (tertiary/aromatic N) is 3. The maximum atomic E-state index is 14.1. The zero-order valence-electron chi connectivity index (χ0n) is 18.6. The average molecular weight is 488 g/mol. The summed E-state index contributed by atoms with van der Waals surface area (Å²) in [5, 5.41) is 17.6. The van der Waals surface area contributed by atoms with Gasteiger partial charge in [0.25, 0.3) is 0 Å².